The minimum Gasteiger partial charge on any atom is -0.495 e. The summed E-state index contributed by atoms with van der Waals surface area (Å²) in [6.07, 6.45) is 0. The first kappa shape index (κ1) is 13.3. The van der Waals surface area contributed by atoms with Gasteiger partial charge < -0.3 is 10.5 Å². The number of ether oxygens (including phenoxy) is 1. The molecule has 3 rings (SSSR count). The molecule has 21 heavy (non-hydrogen) atoms. The summed E-state index contributed by atoms with van der Waals surface area (Å²) in [6, 6.07) is 12.8. The van der Waals surface area contributed by atoms with Crippen molar-refractivity contribution in [3.05, 3.63) is 47.0 Å². The van der Waals surface area contributed by atoms with E-state index in [1.54, 1.807) is 35.9 Å². The SMILES string of the molecule is COc1ccc(-n2c(N)nc3c(C#N)cccc32)cc1Cl. The maximum atomic E-state index is 9.14. The Morgan fingerprint density at radius 3 is 2.81 bits per heavy atom. The standard InChI is InChI=1S/C15H11ClN4O/c1-21-13-6-5-10(7-11(13)16)20-12-4-2-3-9(8-17)14(12)19-15(20)18/h2-7H,1H3,(H2,18,19). The summed E-state index contributed by atoms with van der Waals surface area (Å²) < 4.78 is 6.89. The van der Waals surface area contributed by atoms with Crippen molar-refractivity contribution in [1.82, 2.24) is 9.55 Å². The average Bonchev–Trinajstić information content (AvgIpc) is 2.82. The number of hydrogen-bond acceptors (Lipinski definition) is 4. The van der Waals surface area contributed by atoms with Crippen molar-refractivity contribution >= 4 is 28.6 Å². The topological polar surface area (TPSA) is 76.9 Å². The predicted octanol–water partition coefficient (Wildman–Crippen LogP) is 3.14. The first-order valence-corrected chi connectivity index (χ1v) is 6.54. The maximum absolute atomic E-state index is 9.14. The quantitative estimate of drug-likeness (QED) is 0.788. The van der Waals surface area contributed by atoms with E-state index in [1.807, 2.05) is 12.1 Å². The Balaban J connectivity index is 2.28. The molecule has 0 aliphatic carbocycles. The number of imidazole rings is 1. The molecule has 0 bridgehead atoms. The minimum atomic E-state index is 0.300. The van der Waals surface area contributed by atoms with Crippen LogP contribution in [0.1, 0.15) is 5.56 Å². The van der Waals surface area contributed by atoms with Crippen LogP contribution < -0.4 is 10.5 Å². The van der Waals surface area contributed by atoms with E-state index < -0.39 is 0 Å². The fourth-order valence-electron chi connectivity index (χ4n) is 2.27. The van der Waals surface area contributed by atoms with E-state index in [0.717, 1.165) is 11.2 Å². The molecule has 0 fully saturated rings. The van der Waals surface area contributed by atoms with Crippen LogP contribution in [-0.2, 0) is 0 Å². The molecular formula is C15H11ClN4O. The zero-order valence-electron chi connectivity index (χ0n) is 11.2. The molecule has 2 N–H and O–H groups in total. The van der Waals surface area contributed by atoms with E-state index in [2.05, 4.69) is 11.1 Å². The van der Waals surface area contributed by atoms with E-state index >= 15 is 0 Å². The largest absolute Gasteiger partial charge is 0.495 e. The molecule has 0 atom stereocenters. The third kappa shape index (κ3) is 2.06. The first-order valence-electron chi connectivity index (χ1n) is 6.16. The van der Waals surface area contributed by atoms with Crippen molar-refractivity contribution in [2.45, 2.75) is 0 Å². The number of anilines is 1. The normalized spacial score (nSPS) is 10.5. The van der Waals surface area contributed by atoms with Crippen molar-refractivity contribution in [2.75, 3.05) is 12.8 Å². The molecule has 5 nitrogen and oxygen atoms in total. The lowest BCUT2D eigenvalue weighted by Gasteiger charge is -2.09. The summed E-state index contributed by atoms with van der Waals surface area (Å²) >= 11 is 6.16. The van der Waals surface area contributed by atoms with Crippen LogP contribution in [0.3, 0.4) is 0 Å². The molecule has 0 saturated carbocycles. The second kappa shape index (κ2) is 5.00. The fraction of sp³-hybridized carbons (Fsp3) is 0.0667. The number of rotatable bonds is 2. The Morgan fingerprint density at radius 1 is 1.33 bits per heavy atom. The van der Waals surface area contributed by atoms with Crippen LogP contribution in [-0.4, -0.2) is 16.7 Å². The molecule has 0 amide bonds. The number of aromatic nitrogens is 2. The highest BCUT2D eigenvalue weighted by Gasteiger charge is 2.14. The number of benzene rings is 2. The van der Waals surface area contributed by atoms with Gasteiger partial charge in [0.05, 0.1) is 28.9 Å². The van der Waals surface area contributed by atoms with E-state index in [-0.39, 0.29) is 0 Å². The summed E-state index contributed by atoms with van der Waals surface area (Å²) in [7, 11) is 1.56. The summed E-state index contributed by atoms with van der Waals surface area (Å²) in [6.45, 7) is 0. The molecule has 0 unspecified atom stereocenters. The minimum absolute atomic E-state index is 0.300. The van der Waals surface area contributed by atoms with Crippen molar-refractivity contribution in [1.29, 1.82) is 5.26 Å². The van der Waals surface area contributed by atoms with E-state index in [0.29, 0.717) is 27.8 Å². The van der Waals surface area contributed by atoms with Gasteiger partial charge in [0.25, 0.3) is 0 Å². The molecule has 1 heterocycles. The van der Waals surface area contributed by atoms with Crippen LogP contribution in [0.15, 0.2) is 36.4 Å². The molecule has 6 heteroatoms. The Hall–Kier alpha value is -2.71. The second-order valence-corrected chi connectivity index (χ2v) is 4.82. The number of nitrogens with zero attached hydrogens (tertiary/aromatic N) is 3. The fourth-order valence-corrected chi connectivity index (χ4v) is 2.53. The number of nitriles is 1. The van der Waals surface area contributed by atoms with Gasteiger partial charge in [-0.2, -0.15) is 5.26 Å². The van der Waals surface area contributed by atoms with Crippen LogP contribution in [0, 0.1) is 11.3 Å². The van der Waals surface area contributed by atoms with Crippen LogP contribution in [0.4, 0.5) is 5.95 Å². The molecular weight excluding hydrogens is 288 g/mol. The van der Waals surface area contributed by atoms with Crippen LogP contribution in [0.2, 0.25) is 5.02 Å². The molecule has 0 aliphatic heterocycles. The Morgan fingerprint density at radius 2 is 2.14 bits per heavy atom. The second-order valence-electron chi connectivity index (χ2n) is 4.41. The molecule has 1 aromatic heterocycles. The third-order valence-electron chi connectivity index (χ3n) is 3.23. The van der Waals surface area contributed by atoms with Crippen LogP contribution in [0.25, 0.3) is 16.7 Å². The highest BCUT2D eigenvalue weighted by molar-refractivity contribution is 6.32. The lowest BCUT2D eigenvalue weighted by Crippen LogP contribution is -2.00. The number of fused-ring (bicyclic) bond motifs is 1. The van der Waals surface area contributed by atoms with Crippen LogP contribution in [0.5, 0.6) is 5.75 Å². The molecule has 0 aliphatic rings. The molecule has 0 spiro atoms. The monoisotopic (exact) mass is 298 g/mol. The molecule has 2 aromatic carbocycles. The van der Waals surface area contributed by atoms with Crippen molar-refractivity contribution in [3.8, 4) is 17.5 Å². The van der Waals surface area contributed by atoms with E-state index in [4.69, 9.17) is 27.3 Å². The first-order chi connectivity index (χ1) is 10.2. The number of methoxy groups -OCH3 is 1. The van der Waals surface area contributed by atoms with Crippen LogP contribution >= 0.6 is 11.6 Å². The number of nitrogen functional groups attached to an aromatic ring is 1. The molecule has 3 aromatic rings. The van der Waals surface area contributed by atoms with Gasteiger partial charge in [0.15, 0.2) is 0 Å². The van der Waals surface area contributed by atoms with E-state index in [9.17, 15) is 0 Å². The van der Waals surface area contributed by atoms with Crippen molar-refractivity contribution in [2.24, 2.45) is 0 Å². The Labute approximate surface area is 126 Å². The zero-order chi connectivity index (χ0) is 15.0. The molecule has 0 saturated heterocycles. The van der Waals surface area contributed by atoms with Gasteiger partial charge in [-0.3, -0.25) is 4.57 Å². The van der Waals surface area contributed by atoms with Gasteiger partial charge in [0.1, 0.15) is 17.3 Å². The highest BCUT2D eigenvalue weighted by atomic mass is 35.5. The number of hydrogen-bond donors (Lipinski definition) is 1. The van der Waals surface area contributed by atoms with Crippen molar-refractivity contribution < 1.29 is 4.74 Å². The molecule has 0 radical (unpaired) electrons. The highest BCUT2D eigenvalue weighted by Crippen LogP contribution is 2.30. The number of halogens is 1. The van der Waals surface area contributed by atoms with Gasteiger partial charge >= 0.3 is 0 Å². The van der Waals surface area contributed by atoms with Gasteiger partial charge in [-0.15, -0.1) is 0 Å². The number of nitrogens with two attached hydrogens (primary N) is 1. The van der Waals surface area contributed by atoms with Crippen molar-refractivity contribution in [3.63, 3.8) is 0 Å². The Bertz CT molecular complexity index is 879. The zero-order valence-corrected chi connectivity index (χ0v) is 11.9. The lowest BCUT2D eigenvalue weighted by molar-refractivity contribution is 0.415. The third-order valence-corrected chi connectivity index (χ3v) is 3.52. The summed E-state index contributed by atoms with van der Waals surface area (Å²) in [4.78, 5) is 4.28. The smallest absolute Gasteiger partial charge is 0.205 e. The predicted molar refractivity (Wildman–Crippen MR) is 81.8 cm³/mol. The van der Waals surface area contributed by atoms with Gasteiger partial charge in [0, 0.05) is 0 Å². The average molecular weight is 299 g/mol. The summed E-state index contributed by atoms with van der Waals surface area (Å²) in [5, 5.41) is 9.62. The summed E-state index contributed by atoms with van der Waals surface area (Å²) in [5.41, 5.74) is 8.57. The van der Waals surface area contributed by atoms with Gasteiger partial charge in [-0.05, 0) is 30.3 Å². The van der Waals surface area contributed by atoms with Gasteiger partial charge in [0.2, 0.25) is 5.95 Å². The van der Waals surface area contributed by atoms with Gasteiger partial charge in [-0.1, -0.05) is 17.7 Å². The van der Waals surface area contributed by atoms with Gasteiger partial charge in [-0.25, -0.2) is 4.98 Å². The maximum Gasteiger partial charge on any atom is 0.205 e. The molecule has 104 valence electrons. The lowest BCUT2D eigenvalue weighted by atomic mass is 10.2. The van der Waals surface area contributed by atoms with E-state index in [1.165, 1.54) is 0 Å². The number of para-hydroxylation sites is 1. The summed E-state index contributed by atoms with van der Waals surface area (Å²) in [5.74, 6) is 0.884. The Kier molecular flexibility index (Phi) is 3.16.